The summed E-state index contributed by atoms with van der Waals surface area (Å²) in [5.41, 5.74) is 0. The van der Waals surface area contributed by atoms with E-state index < -0.39 is 20.0 Å². The number of quaternary nitrogens is 1. The molecule has 0 fully saturated rings. The van der Waals surface area contributed by atoms with Gasteiger partial charge in [0.05, 0.1) is 33.8 Å². The molecular formula is C64H116N2O7P+. The third-order valence-electron chi connectivity index (χ3n) is 13.1. The summed E-state index contributed by atoms with van der Waals surface area (Å²) in [6.07, 6.45) is 70.1. The Morgan fingerprint density at radius 1 is 0.486 bits per heavy atom. The molecule has 2 N–H and O–H groups in total. The van der Waals surface area contributed by atoms with Crippen molar-refractivity contribution < 1.29 is 37.3 Å². The molecule has 0 aromatic carbocycles. The normalized spacial score (nSPS) is 14.3. The zero-order valence-electron chi connectivity index (χ0n) is 48.8. The number of ether oxygens (including phenoxy) is 1. The maximum Gasteiger partial charge on any atom is 0.472 e. The number of nitrogens with zero attached hydrogens (tertiary/aromatic N) is 1. The number of allylic oxidation sites excluding steroid dienone is 13. The van der Waals surface area contributed by atoms with Crippen LogP contribution in [0, 0.1) is 0 Å². The van der Waals surface area contributed by atoms with Crippen LogP contribution < -0.4 is 5.32 Å². The fourth-order valence-corrected chi connectivity index (χ4v) is 9.11. The highest BCUT2D eigenvalue weighted by atomic mass is 31.2. The number of rotatable bonds is 54. The molecule has 0 saturated carbocycles. The fourth-order valence-electron chi connectivity index (χ4n) is 8.37. The molecule has 0 aromatic heterocycles. The minimum Gasteiger partial charge on any atom is -0.456 e. The topological polar surface area (TPSA) is 111 Å². The van der Waals surface area contributed by atoms with Crippen LogP contribution in [0.2, 0.25) is 0 Å². The second-order valence-electron chi connectivity index (χ2n) is 21.5. The van der Waals surface area contributed by atoms with Gasteiger partial charge in [-0.25, -0.2) is 4.57 Å². The number of esters is 1. The maximum absolute atomic E-state index is 13.5. The third kappa shape index (κ3) is 54.0. The molecule has 0 aliphatic rings. The number of likely N-dealkylation sites (N-methyl/N-ethyl adjacent to an activating group) is 1. The molecule has 428 valence electrons. The summed E-state index contributed by atoms with van der Waals surface area (Å²) >= 11 is 0. The third-order valence-corrected chi connectivity index (χ3v) is 14.1. The van der Waals surface area contributed by atoms with E-state index in [1.807, 2.05) is 33.3 Å². The SMILES string of the molecule is CC/C=C\C/C=C\C/C=C\C/C=C\C/C=C\CCCCCCCCCC(=O)OC(/C=C\CCCCCCCCCCC)C(COP(=O)(O)OCC[N+](C)(C)C)NC(=O)CCCCC/C=C\CCCCCCCCC. The van der Waals surface area contributed by atoms with Gasteiger partial charge in [-0.2, -0.15) is 0 Å². The lowest BCUT2D eigenvalue weighted by atomic mass is 10.1. The summed E-state index contributed by atoms with van der Waals surface area (Å²) in [5.74, 6) is -0.538. The van der Waals surface area contributed by atoms with Gasteiger partial charge in [0.2, 0.25) is 5.91 Å². The van der Waals surface area contributed by atoms with Crippen LogP contribution in [0.25, 0.3) is 0 Å². The largest absolute Gasteiger partial charge is 0.472 e. The summed E-state index contributed by atoms with van der Waals surface area (Å²) in [6.45, 7) is 6.87. The molecule has 10 heteroatoms. The van der Waals surface area contributed by atoms with E-state index in [-0.39, 0.29) is 31.5 Å². The number of carbonyl (C=O) groups is 2. The van der Waals surface area contributed by atoms with Crippen molar-refractivity contribution in [1.29, 1.82) is 0 Å². The Labute approximate surface area is 456 Å². The van der Waals surface area contributed by atoms with E-state index in [1.54, 1.807) is 0 Å². The molecule has 0 aliphatic carbocycles. The molecule has 0 bridgehead atoms. The minimum atomic E-state index is -4.45. The average molecular weight is 1060 g/mol. The monoisotopic (exact) mass is 1060 g/mol. The molecule has 0 aliphatic heterocycles. The predicted molar refractivity (Wildman–Crippen MR) is 318 cm³/mol. The number of hydrogen-bond donors (Lipinski definition) is 2. The molecule has 0 aromatic rings. The van der Waals surface area contributed by atoms with Crippen molar-refractivity contribution in [1.82, 2.24) is 5.32 Å². The van der Waals surface area contributed by atoms with Crippen LogP contribution in [-0.2, 0) is 27.9 Å². The van der Waals surface area contributed by atoms with E-state index in [0.29, 0.717) is 17.4 Å². The first-order valence-corrected chi connectivity index (χ1v) is 31.9. The lowest BCUT2D eigenvalue weighted by Crippen LogP contribution is -2.47. The Morgan fingerprint density at radius 2 is 0.865 bits per heavy atom. The molecule has 3 unspecified atom stereocenters. The van der Waals surface area contributed by atoms with Crippen molar-refractivity contribution in [3.63, 3.8) is 0 Å². The molecule has 0 spiro atoms. The molecule has 0 rings (SSSR count). The Bertz CT molecular complexity index is 1540. The fraction of sp³-hybridized carbons (Fsp3) is 0.750. The first-order valence-electron chi connectivity index (χ1n) is 30.4. The van der Waals surface area contributed by atoms with Crippen LogP contribution in [-0.4, -0.2) is 74.3 Å². The van der Waals surface area contributed by atoms with Gasteiger partial charge in [0.15, 0.2) is 0 Å². The van der Waals surface area contributed by atoms with Gasteiger partial charge in [0.1, 0.15) is 19.3 Å². The van der Waals surface area contributed by atoms with Gasteiger partial charge >= 0.3 is 13.8 Å². The van der Waals surface area contributed by atoms with E-state index in [2.05, 4.69) is 99.0 Å². The van der Waals surface area contributed by atoms with Crippen LogP contribution in [0.1, 0.15) is 258 Å². The Hall–Kier alpha value is -2.81. The van der Waals surface area contributed by atoms with Gasteiger partial charge < -0.3 is 19.4 Å². The quantitative estimate of drug-likeness (QED) is 0.0205. The first kappa shape index (κ1) is 71.2. The summed E-state index contributed by atoms with van der Waals surface area (Å²) in [4.78, 5) is 37.6. The zero-order chi connectivity index (χ0) is 54.3. The van der Waals surface area contributed by atoms with Gasteiger partial charge in [0, 0.05) is 12.8 Å². The molecule has 9 nitrogen and oxygen atoms in total. The standard InChI is InChI=1S/C64H115N2O7P/c1-7-10-13-16-19-22-25-27-29-30-31-32-33-34-35-36-37-39-42-45-48-51-54-57-64(68)73-62(55-52-49-46-43-40-24-21-18-15-12-9-3)61(60-72-74(69,70)71-59-58-66(4,5)6)65-63(67)56-53-50-47-44-41-38-28-26-23-20-17-14-11-8-2/h10,13,19,22,27,29,31-32,34-35,38,41,52,55,61-62H,7-9,11-12,14-18,20-21,23-26,28,30,33,36-37,39-40,42-51,53-54,56-60H2,1-6H3,(H-,65,67,69,70)/p+1/b13-10-,22-19-,29-27-,32-31-,35-34-,41-38-,55-52-. The Morgan fingerprint density at radius 3 is 1.32 bits per heavy atom. The number of carbonyl (C=O) groups excluding carboxylic acids is 2. The van der Waals surface area contributed by atoms with E-state index in [4.69, 9.17) is 13.8 Å². The van der Waals surface area contributed by atoms with Crippen molar-refractivity contribution in [2.24, 2.45) is 0 Å². The molecule has 1 amide bonds. The summed E-state index contributed by atoms with van der Waals surface area (Å²) < 4.78 is 30.6. The average Bonchev–Trinajstić information content (AvgIpc) is 3.36. The summed E-state index contributed by atoms with van der Waals surface area (Å²) in [6, 6.07) is -0.863. The molecule has 3 atom stereocenters. The highest BCUT2D eigenvalue weighted by Gasteiger charge is 2.30. The summed E-state index contributed by atoms with van der Waals surface area (Å²) in [5, 5.41) is 3.04. The van der Waals surface area contributed by atoms with Crippen molar-refractivity contribution >= 4 is 19.7 Å². The van der Waals surface area contributed by atoms with Crippen LogP contribution >= 0.6 is 7.82 Å². The Kier molecular flexibility index (Phi) is 51.5. The van der Waals surface area contributed by atoms with Crippen LogP contribution in [0.4, 0.5) is 0 Å². The lowest BCUT2D eigenvalue weighted by molar-refractivity contribution is -0.870. The summed E-state index contributed by atoms with van der Waals surface area (Å²) in [7, 11) is 1.47. The van der Waals surface area contributed by atoms with Crippen molar-refractivity contribution in [3.05, 3.63) is 85.1 Å². The van der Waals surface area contributed by atoms with E-state index >= 15 is 0 Å². The molecule has 74 heavy (non-hydrogen) atoms. The number of phosphoric acid groups is 1. The highest BCUT2D eigenvalue weighted by Crippen LogP contribution is 2.43. The van der Waals surface area contributed by atoms with Crippen LogP contribution in [0.5, 0.6) is 0 Å². The smallest absolute Gasteiger partial charge is 0.456 e. The highest BCUT2D eigenvalue weighted by molar-refractivity contribution is 7.47. The van der Waals surface area contributed by atoms with E-state index in [1.165, 1.54) is 109 Å². The van der Waals surface area contributed by atoms with E-state index in [0.717, 1.165) is 116 Å². The van der Waals surface area contributed by atoms with Crippen molar-refractivity contribution in [2.75, 3.05) is 40.9 Å². The van der Waals surface area contributed by atoms with Crippen LogP contribution in [0.15, 0.2) is 85.1 Å². The van der Waals surface area contributed by atoms with Gasteiger partial charge in [0.25, 0.3) is 0 Å². The second-order valence-corrected chi connectivity index (χ2v) is 22.9. The number of hydrogen-bond acceptors (Lipinski definition) is 6. The van der Waals surface area contributed by atoms with Gasteiger partial charge in [-0.15, -0.1) is 0 Å². The number of unbranched alkanes of at least 4 members (excludes halogenated alkanes) is 26. The zero-order valence-corrected chi connectivity index (χ0v) is 49.7. The maximum atomic E-state index is 13.5. The van der Waals surface area contributed by atoms with Crippen LogP contribution in [0.3, 0.4) is 0 Å². The van der Waals surface area contributed by atoms with Gasteiger partial charge in [-0.1, -0.05) is 228 Å². The lowest BCUT2D eigenvalue weighted by Gasteiger charge is -2.27. The predicted octanol–water partition coefficient (Wildman–Crippen LogP) is 18.6. The van der Waals surface area contributed by atoms with Gasteiger partial charge in [-0.05, 0) is 102 Å². The number of amides is 1. The molecule has 0 radical (unpaired) electrons. The molecule has 0 heterocycles. The Balaban J connectivity index is 5.23. The van der Waals surface area contributed by atoms with Crippen molar-refractivity contribution in [3.8, 4) is 0 Å². The molecule has 0 saturated heterocycles. The molecular weight excluding hydrogens is 940 g/mol. The second kappa shape index (κ2) is 53.6. The number of phosphoric ester groups is 1. The minimum absolute atomic E-state index is 0.0325. The van der Waals surface area contributed by atoms with Gasteiger partial charge in [-0.3, -0.25) is 18.6 Å². The first-order chi connectivity index (χ1) is 35.9. The number of nitrogens with one attached hydrogen (secondary N) is 1. The van der Waals surface area contributed by atoms with Crippen molar-refractivity contribution in [2.45, 2.75) is 270 Å². The van der Waals surface area contributed by atoms with E-state index in [9.17, 15) is 19.0 Å².